The second-order valence-electron chi connectivity index (χ2n) is 7.06. The number of rotatable bonds is 9. The standard InChI is InChI=1S/C22H26O8/c1-29-21(27)8-5-15(9-13-3-6-17(23)19(25)11-13)16(22(28)30-2)10-14-4-7-18(24)20(26)12-14/h3-4,6-7,11-12,15-16,23-26H,5,8-10H2,1-2H3/t15-,16-/m1/s1. The molecule has 0 saturated heterocycles. The summed E-state index contributed by atoms with van der Waals surface area (Å²) in [7, 11) is 2.56. The molecule has 0 aromatic heterocycles. The molecule has 0 saturated carbocycles. The van der Waals surface area contributed by atoms with Crippen LogP contribution in [0.25, 0.3) is 0 Å². The molecule has 8 nitrogen and oxygen atoms in total. The Morgan fingerprint density at radius 1 is 0.800 bits per heavy atom. The van der Waals surface area contributed by atoms with E-state index < -0.39 is 17.9 Å². The van der Waals surface area contributed by atoms with E-state index in [-0.39, 0.29) is 41.8 Å². The summed E-state index contributed by atoms with van der Waals surface area (Å²) in [5.74, 6) is -3.04. The second-order valence-corrected chi connectivity index (χ2v) is 7.06. The maximum absolute atomic E-state index is 12.6. The topological polar surface area (TPSA) is 134 Å². The van der Waals surface area contributed by atoms with Gasteiger partial charge in [-0.15, -0.1) is 0 Å². The molecule has 162 valence electrons. The molecule has 30 heavy (non-hydrogen) atoms. The van der Waals surface area contributed by atoms with Crippen molar-refractivity contribution in [2.45, 2.75) is 25.7 Å². The molecule has 0 unspecified atom stereocenters. The number of ether oxygens (including phenoxy) is 2. The van der Waals surface area contributed by atoms with E-state index in [9.17, 15) is 30.0 Å². The molecule has 4 N–H and O–H groups in total. The van der Waals surface area contributed by atoms with Crippen molar-refractivity contribution >= 4 is 11.9 Å². The van der Waals surface area contributed by atoms with Crippen LogP contribution in [0.5, 0.6) is 23.0 Å². The third kappa shape index (κ3) is 6.04. The van der Waals surface area contributed by atoms with Gasteiger partial charge < -0.3 is 29.9 Å². The van der Waals surface area contributed by atoms with Gasteiger partial charge in [0, 0.05) is 6.42 Å². The fourth-order valence-corrected chi connectivity index (χ4v) is 3.39. The fourth-order valence-electron chi connectivity index (χ4n) is 3.39. The number of hydrogen-bond donors (Lipinski definition) is 4. The molecule has 2 aromatic carbocycles. The zero-order chi connectivity index (χ0) is 22.3. The molecule has 0 aliphatic rings. The van der Waals surface area contributed by atoms with Crippen LogP contribution in [-0.2, 0) is 31.9 Å². The summed E-state index contributed by atoms with van der Waals surface area (Å²) < 4.78 is 9.69. The molecule has 8 heteroatoms. The zero-order valence-electron chi connectivity index (χ0n) is 16.9. The summed E-state index contributed by atoms with van der Waals surface area (Å²) in [6, 6.07) is 8.68. The van der Waals surface area contributed by atoms with Crippen LogP contribution in [0.3, 0.4) is 0 Å². The van der Waals surface area contributed by atoms with Gasteiger partial charge >= 0.3 is 11.9 Å². The van der Waals surface area contributed by atoms with Crippen molar-refractivity contribution in [3.8, 4) is 23.0 Å². The number of hydrogen-bond acceptors (Lipinski definition) is 8. The van der Waals surface area contributed by atoms with E-state index in [0.29, 0.717) is 24.0 Å². The number of methoxy groups -OCH3 is 2. The highest BCUT2D eigenvalue weighted by Crippen LogP contribution is 2.33. The monoisotopic (exact) mass is 418 g/mol. The molecular weight excluding hydrogens is 392 g/mol. The van der Waals surface area contributed by atoms with Crippen LogP contribution in [0.1, 0.15) is 24.0 Å². The van der Waals surface area contributed by atoms with Crippen LogP contribution in [0.15, 0.2) is 36.4 Å². The minimum absolute atomic E-state index is 0.0829. The third-order valence-electron chi connectivity index (χ3n) is 5.05. The van der Waals surface area contributed by atoms with Gasteiger partial charge in [-0.05, 0) is 60.6 Å². The van der Waals surface area contributed by atoms with E-state index in [0.717, 1.165) is 0 Å². The Hall–Kier alpha value is -3.42. The normalized spacial score (nSPS) is 12.7. The maximum atomic E-state index is 12.6. The molecule has 2 rings (SSSR count). The quantitative estimate of drug-likeness (QED) is 0.361. The van der Waals surface area contributed by atoms with Crippen molar-refractivity contribution in [3.63, 3.8) is 0 Å². The van der Waals surface area contributed by atoms with Gasteiger partial charge in [-0.3, -0.25) is 9.59 Å². The molecule has 0 bridgehead atoms. The van der Waals surface area contributed by atoms with E-state index in [1.807, 2.05) is 0 Å². The molecule has 0 heterocycles. The minimum Gasteiger partial charge on any atom is -0.504 e. The summed E-state index contributed by atoms with van der Waals surface area (Å²) >= 11 is 0. The Bertz CT molecular complexity index is 893. The summed E-state index contributed by atoms with van der Waals surface area (Å²) in [6.07, 6.45) is 0.933. The van der Waals surface area contributed by atoms with Crippen LogP contribution < -0.4 is 0 Å². The lowest BCUT2D eigenvalue weighted by molar-refractivity contribution is -0.148. The Balaban J connectivity index is 2.34. The fraction of sp³-hybridized carbons (Fsp3) is 0.364. The highest BCUT2D eigenvalue weighted by Gasteiger charge is 2.30. The first kappa shape index (κ1) is 22.9. The number of esters is 2. The number of phenols is 4. The van der Waals surface area contributed by atoms with Crippen molar-refractivity contribution in [2.24, 2.45) is 11.8 Å². The molecule has 2 atom stereocenters. The van der Waals surface area contributed by atoms with Gasteiger partial charge in [0.15, 0.2) is 23.0 Å². The Morgan fingerprint density at radius 3 is 1.80 bits per heavy atom. The SMILES string of the molecule is COC(=O)CC[C@H](Cc1ccc(O)c(O)c1)[C@@H](Cc1ccc(O)c(O)c1)C(=O)OC. The van der Waals surface area contributed by atoms with Crippen LogP contribution in [-0.4, -0.2) is 46.6 Å². The average molecular weight is 418 g/mol. The molecule has 0 amide bonds. The van der Waals surface area contributed by atoms with E-state index in [4.69, 9.17) is 9.47 Å². The van der Waals surface area contributed by atoms with Gasteiger partial charge in [-0.25, -0.2) is 0 Å². The van der Waals surface area contributed by atoms with E-state index in [1.54, 1.807) is 12.1 Å². The van der Waals surface area contributed by atoms with Crippen molar-refractivity contribution in [1.29, 1.82) is 0 Å². The van der Waals surface area contributed by atoms with Crippen LogP contribution in [0, 0.1) is 11.8 Å². The van der Waals surface area contributed by atoms with Gasteiger partial charge in [0.2, 0.25) is 0 Å². The molecule has 0 spiro atoms. The van der Waals surface area contributed by atoms with Crippen LogP contribution in [0.4, 0.5) is 0 Å². The van der Waals surface area contributed by atoms with Crippen LogP contribution in [0.2, 0.25) is 0 Å². The van der Waals surface area contributed by atoms with Crippen molar-refractivity contribution in [3.05, 3.63) is 47.5 Å². The zero-order valence-corrected chi connectivity index (χ0v) is 16.9. The third-order valence-corrected chi connectivity index (χ3v) is 5.05. The maximum Gasteiger partial charge on any atom is 0.309 e. The van der Waals surface area contributed by atoms with Crippen molar-refractivity contribution in [2.75, 3.05) is 14.2 Å². The van der Waals surface area contributed by atoms with E-state index in [2.05, 4.69) is 0 Å². The first-order chi connectivity index (χ1) is 14.2. The predicted molar refractivity (Wildman–Crippen MR) is 107 cm³/mol. The first-order valence-electron chi connectivity index (χ1n) is 9.41. The first-order valence-corrected chi connectivity index (χ1v) is 9.41. The Morgan fingerprint density at radius 2 is 1.33 bits per heavy atom. The summed E-state index contributed by atoms with van der Waals surface area (Å²) in [4.78, 5) is 24.3. The summed E-state index contributed by atoms with van der Waals surface area (Å²) in [5, 5.41) is 38.6. The molecule has 0 aliphatic carbocycles. The van der Waals surface area contributed by atoms with Crippen molar-refractivity contribution in [1.82, 2.24) is 0 Å². The van der Waals surface area contributed by atoms with Gasteiger partial charge in [-0.1, -0.05) is 12.1 Å². The molecule has 0 aliphatic heterocycles. The van der Waals surface area contributed by atoms with Gasteiger partial charge in [-0.2, -0.15) is 0 Å². The number of benzene rings is 2. The average Bonchev–Trinajstić information content (AvgIpc) is 2.73. The van der Waals surface area contributed by atoms with Gasteiger partial charge in [0.25, 0.3) is 0 Å². The predicted octanol–water partition coefficient (Wildman–Crippen LogP) is 2.65. The highest BCUT2D eigenvalue weighted by molar-refractivity contribution is 5.73. The summed E-state index contributed by atoms with van der Waals surface area (Å²) in [5.41, 5.74) is 1.28. The molecule has 0 radical (unpaired) electrons. The number of phenolic OH excluding ortho intramolecular Hbond substituents is 4. The Kier molecular flexibility index (Phi) is 7.91. The second kappa shape index (κ2) is 10.4. The smallest absolute Gasteiger partial charge is 0.309 e. The number of carbonyl (C=O) groups excluding carboxylic acids is 2. The highest BCUT2D eigenvalue weighted by atomic mass is 16.5. The van der Waals surface area contributed by atoms with Gasteiger partial charge in [0.05, 0.1) is 20.1 Å². The minimum atomic E-state index is -0.667. The lowest BCUT2D eigenvalue weighted by atomic mass is 9.80. The number of aromatic hydroxyl groups is 4. The van der Waals surface area contributed by atoms with E-state index >= 15 is 0 Å². The number of carbonyl (C=O) groups is 2. The Labute approximate surface area is 174 Å². The molecule has 0 fully saturated rings. The lowest BCUT2D eigenvalue weighted by Gasteiger charge is -2.25. The van der Waals surface area contributed by atoms with Crippen molar-refractivity contribution < 1.29 is 39.5 Å². The largest absolute Gasteiger partial charge is 0.504 e. The summed E-state index contributed by atoms with van der Waals surface area (Å²) in [6.45, 7) is 0. The molecule has 2 aromatic rings. The molecular formula is C22H26O8. The van der Waals surface area contributed by atoms with Gasteiger partial charge in [0.1, 0.15) is 0 Å². The van der Waals surface area contributed by atoms with Crippen LogP contribution >= 0.6 is 0 Å². The van der Waals surface area contributed by atoms with E-state index in [1.165, 1.54) is 38.5 Å². The lowest BCUT2D eigenvalue weighted by Crippen LogP contribution is -2.29.